The molecule has 0 aliphatic carbocycles. The molecule has 2 heterocycles. The molecule has 0 radical (unpaired) electrons. The number of thiophene rings is 1. The van der Waals surface area contributed by atoms with E-state index in [0.29, 0.717) is 10.0 Å². The number of halogens is 1. The van der Waals surface area contributed by atoms with Gasteiger partial charge in [0.1, 0.15) is 9.88 Å². The number of hydrogen-bond acceptors (Lipinski definition) is 5. The molecular weight excluding hydrogens is 322 g/mol. The summed E-state index contributed by atoms with van der Waals surface area (Å²) < 4.78 is 0.847. The van der Waals surface area contributed by atoms with Gasteiger partial charge in [-0.25, -0.2) is 0 Å². The van der Waals surface area contributed by atoms with Crippen molar-refractivity contribution < 1.29 is 4.79 Å². The number of amides is 1. The van der Waals surface area contributed by atoms with Gasteiger partial charge in [0.25, 0.3) is 5.91 Å². The molecule has 2 aromatic heterocycles. The van der Waals surface area contributed by atoms with Gasteiger partial charge in [-0.05, 0) is 40.2 Å². The number of aryl methyl sites for hydroxylation is 2. The van der Waals surface area contributed by atoms with Crippen molar-refractivity contribution in [3.8, 4) is 0 Å². The first kappa shape index (κ1) is 12.7. The lowest BCUT2D eigenvalue weighted by molar-refractivity contribution is 0.103. The van der Waals surface area contributed by atoms with Crippen molar-refractivity contribution in [3.63, 3.8) is 0 Å². The summed E-state index contributed by atoms with van der Waals surface area (Å²) >= 11 is 6.22. The lowest BCUT2D eigenvalue weighted by Gasteiger charge is -1.98. The van der Waals surface area contributed by atoms with Crippen molar-refractivity contribution in [1.29, 1.82) is 0 Å². The molecule has 0 aromatic carbocycles. The molecule has 0 saturated carbocycles. The highest BCUT2D eigenvalue weighted by Crippen LogP contribution is 2.28. The number of nitrogens with zero attached hydrogens (tertiary/aromatic N) is 2. The number of hydrogen-bond donors (Lipinski definition) is 1. The molecule has 1 amide bonds. The molecule has 2 aromatic rings. The summed E-state index contributed by atoms with van der Waals surface area (Å²) in [4.78, 5) is 12.6. The number of rotatable bonds is 3. The van der Waals surface area contributed by atoms with Crippen LogP contribution in [0.2, 0.25) is 0 Å². The first-order valence-electron chi connectivity index (χ1n) is 4.99. The van der Waals surface area contributed by atoms with Gasteiger partial charge < -0.3 is 0 Å². The Labute approximate surface area is 115 Å². The third kappa shape index (κ3) is 2.72. The Hall–Kier alpha value is -0.790. The lowest BCUT2D eigenvalue weighted by atomic mass is 10.3. The molecule has 0 spiro atoms. The summed E-state index contributed by atoms with van der Waals surface area (Å²) in [6.07, 6.45) is 0.829. The Morgan fingerprint density at radius 2 is 2.29 bits per heavy atom. The zero-order chi connectivity index (χ0) is 12.4. The van der Waals surface area contributed by atoms with Gasteiger partial charge in [-0.1, -0.05) is 18.3 Å². The monoisotopic (exact) mass is 331 g/mol. The number of carbonyl (C=O) groups is 1. The van der Waals surface area contributed by atoms with Gasteiger partial charge in [-0.15, -0.1) is 21.5 Å². The van der Waals surface area contributed by atoms with Crippen LogP contribution in [0.4, 0.5) is 5.13 Å². The maximum absolute atomic E-state index is 12.0. The second kappa shape index (κ2) is 5.24. The number of aromatic nitrogens is 2. The average molecular weight is 332 g/mol. The number of anilines is 1. The molecule has 0 unspecified atom stereocenters. The second-order valence-corrected chi connectivity index (χ2v) is 6.11. The summed E-state index contributed by atoms with van der Waals surface area (Å²) in [5, 5.41) is 14.0. The Balaban J connectivity index is 2.14. The van der Waals surface area contributed by atoms with Crippen LogP contribution in [0.25, 0.3) is 0 Å². The molecule has 7 heteroatoms. The van der Waals surface area contributed by atoms with E-state index in [1.165, 1.54) is 22.7 Å². The van der Waals surface area contributed by atoms with E-state index < -0.39 is 0 Å². The second-order valence-electron chi connectivity index (χ2n) is 3.37. The van der Waals surface area contributed by atoms with Gasteiger partial charge in [0.2, 0.25) is 5.13 Å². The maximum atomic E-state index is 12.0. The molecule has 17 heavy (non-hydrogen) atoms. The smallest absolute Gasteiger partial charge is 0.268 e. The minimum Gasteiger partial charge on any atom is -0.296 e. The molecule has 0 fully saturated rings. The minimum atomic E-state index is -0.145. The van der Waals surface area contributed by atoms with Crippen molar-refractivity contribution in [2.75, 3.05) is 5.32 Å². The minimum absolute atomic E-state index is 0.145. The van der Waals surface area contributed by atoms with E-state index in [1.807, 2.05) is 19.2 Å². The number of nitrogens with one attached hydrogen (secondary N) is 1. The third-order valence-corrected chi connectivity index (χ3v) is 5.46. The Morgan fingerprint density at radius 3 is 2.82 bits per heavy atom. The first-order valence-corrected chi connectivity index (χ1v) is 7.48. The predicted molar refractivity (Wildman–Crippen MR) is 74.0 cm³/mol. The van der Waals surface area contributed by atoms with Gasteiger partial charge in [0.15, 0.2) is 0 Å². The quantitative estimate of drug-likeness (QED) is 0.936. The summed E-state index contributed by atoms with van der Waals surface area (Å²) in [5.41, 5.74) is 1.06. The summed E-state index contributed by atoms with van der Waals surface area (Å²) in [6.45, 7) is 3.96. The number of carbonyl (C=O) groups excluding carboxylic acids is 1. The van der Waals surface area contributed by atoms with E-state index in [9.17, 15) is 4.79 Å². The largest absolute Gasteiger partial charge is 0.296 e. The van der Waals surface area contributed by atoms with Crippen LogP contribution < -0.4 is 5.32 Å². The fourth-order valence-electron chi connectivity index (χ4n) is 1.18. The third-order valence-electron chi connectivity index (χ3n) is 2.10. The van der Waals surface area contributed by atoms with E-state index >= 15 is 0 Å². The molecule has 0 atom stereocenters. The van der Waals surface area contributed by atoms with Crippen LogP contribution in [-0.4, -0.2) is 16.1 Å². The Kier molecular flexibility index (Phi) is 3.90. The highest BCUT2D eigenvalue weighted by Gasteiger charge is 2.15. The Bertz CT molecular complexity index is 549. The molecule has 0 bridgehead atoms. The van der Waals surface area contributed by atoms with Gasteiger partial charge in [-0.3, -0.25) is 10.1 Å². The van der Waals surface area contributed by atoms with Crippen molar-refractivity contribution in [3.05, 3.63) is 25.3 Å². The van der Waals surface area contributed by atoms with Crippen LogP contribution in [0.1, 0.15) is 27.2 Å². The van der Waals surface area contributed by atoms with Crippen LogP contribution in [0, 0.1) is 6.92 Å². The molecule has 0 aliphatic rings. The zero-order valence-corrected chi connectivity index (χ0v) is 12.5. The molecule has 1 N–H and O–H groups in total. The molecular formula is C10H10BrN3OS2. The predicted octanol–water partition coefficient (Wildman–Crippen LogP) is 3.49. The summed E-state index contributed by atoms with van der Waals surface area (Å²) in [5.74, 6) is -0.145. The first-order chi connectivity index (χ1) is 8.11. The van der Waals surface area contributed by atoms with Gasteiger partial charge in [-0.2, -0.15) is 0 Å². The zero-order valence-electron chi connectivity index (χ0n) is 9.28. The van der Waals surface area contributed by atoms with E-state index in [2.05, 4.69) is 31.4 Å². The highest BCUT2D eigenvalue weighted by molar-refractivity contribution is 9.10. The van der Waals surface area contributed by atoms with Crippen LogP contribution in [0.5, 0.6) is 0 Å². The van der Waals surface area contributed by atoms with E-state index in [4.69, 9.17) is 0 Å². The molecule has 0 aliphatic heterocycles. The van der Waals surface area contributed by atoms with Crippen molar-refractivity contribution in [2.45, 2.75) is 20.3 Å². The summed E-state index contributed by atoms with van der Waals surface area (Å²) in [7, 11) is 0. The van der Waals surface area contributed by atoms with Crippen molar-refractivity contribution in [1.82, 2.24) is 10.2 Å². The van der Waals surface area contributed by atoms with Crippen LogP contribution in [0.15, 0.2) is 9.85 Å². The van der Waals surface area contributed by atoms with Crippen LogP contribution >= 0.6 is 38.6 Å². The van der Waals surface area contributed by atoms with Crippen LogP contribution in [0.3, 0.4) is 0 Å². The van der Waals surface area contributed by atoms with Crippen molar-refractivity contribution in [2.24, 2.45) is 0 Å². The standard InChI is InChI=1S/C10H10BrN3OS2/c1-3-6-13-14-10(17-6)12-9(15)8-7(11)5(2)4-16-8/h4H,3H2,1-2H3,(H,12,14,15). The fourth-order valence-corrected chi connectivity index (χ4v) is 3.42. The highest BCUT2D eigenvalue weighted by atomic mass is 79.9. The SMILES string of the molecule is CCc1nnc(NC(=O)c2scc(C)c2Br)s1. The lowest BCUT2D eigenvalue weighted by Crippen LogP contribution is -2.10. The summed E-state index contributed by atoms with van der Waals surface area (Å²) in [6, 6.07) is 0. The van der Waals surface area contributed by atoms with Gasteiger partial charge >= 0.3 is 0 Å². The molecule has 2 rings (SSSR count). The van der Waals surface area contributed by atoms with Gasteiger partial charge in [0, 0.05) is 4.47 Å². The Morgan fingerprint density at radius 1 is 1.53 bits per heavy atom. The molecule has 4 nitrogen and oxygen atoms in total. The average Bonchev–Trinajstić information content (AvgIpc) is 2.88. The fraction of sp³-hybridized carbons (Fsp3) is 0.300. The normalized spacial score (nSPS) is 10.5. The van der Waals surface area contributed by atoms with Gasteiger partial charge in [0.05, 0.1) is 0 Å². The topological polar surface area (TPSA) is 54.9 Å². The molecule has 90 valence electrons. The van der Waals surface area contributed by atoms with Crippen LogP contribution in [-0.2, 0) is 6.42 Å². The van der Waals surface area contributed by atoms with Crippen molar-refractivity contribution >= 4 is 49.6 Å². The van der Waals surface area contributed by atoms with E-state index in [0.717, 1.165) is 21.5 Å². The van der Waals surface area contributed by atoms with E-state index in [-0.39, 0.29) is 5.91 Å². The molecule has 0 saturated heterocycles. The maximum Gasteiger partial charge on any atom is 0.268 e. The van der Waals surface area contributed by atoms with E-state index in [1.54, 1.807) is 0 Å².